The molecule has 46 heavy (non-hydrogen) atoms. The molecule has 0 saturated carbocycles. The molecule has 0 rings (SSSR count). The number of nitrogens with one attached hydrogen (secondary N) is 3. The van der Waals surface area contributed by atoms with Gasteiger partial charge in [-0.2, -0.15) is 0 Å². The van der Waals surface area contributed by atoms with Gasteiger partial charge in [0.05, 0.1) is 60.5 Å². The third-order valence-electron chi connectivity index (χ3n) is 6.63. The van der Waals surface area contributed by atoms with E-state index in [2.05, 4.69) is 21.9 Å². The number of carbonyl (C=O) groups excluding carboxylic acids is 5. The van der Waals surface area contributed by atoms with Gasteiger partial charge in [-0.15, -0.1) is 6.42 Å². The molecule has 0 saturated heterocycles. The smallest absolute Gasteiger partial charge is 0.328 e. The lowest BCUT2D eigenvalue weighted by Crippen LogP contribution is -2.44. The zero-order valence-corrected chi connectivity index (χ0v) is 28.0. The molecular weight excluding hydrogens is 602 g/mol. The molecule has 0 aliphatic carbocycles. The summed E-state index contributed by atoms with van der Waals surface area (Å²) in [6, 6.07) is -1.66. The van der Waals surface area contributed by atoms with Crippen LogP contribution in [0.3, 0.4) is 0 Å². The Morgan fingerprint density at radius 1 is 0.630 bits per heavy atom. The fraction of sp³-hybridized carbons (Fsp3) is 0.781. The van der Waals surface area contributed by atoms with Crippen LogP contribution in [0.4, 0.5) is 0 Å². The first-order valence-electron chi connectivity index (χ1n) is 16.0. The zero-order chi connectivity index (χ0) is 34.4. The molecule has 0 fully saturated rings. The minimum absolute atomic E-state index is 0.132. The van der Waals surface area contributed by atoms with E-state index in [0.717, 1.165) is 12.8 Å². The Morgan fingerprint density at radius 3 is 1.46 bits per heavy atom. The van der Waals surface area contributed by atoms with Crippen molar-refractivity contribution >= 4 is 29.7 Å². The number of amides is 3. The van der Waals surface area contributed by atoms with Crippen LogP contribution in [0.2, 0.25) is 0 Å². The van der Waals surface area contributed by atoms with Gasteiger partial charge in [-0.05, 0) is 18.8 Å². The number of unbranched alkanes of at least 4 members (excludes halogenated alkanes) is 2. The van der Waals surface area contributed by atoms with Gasteiger partial charge in [0.1, 0.15) is 18.7 Å². The van der Waals surface area contributed by atoms with Gasteiger partial charge in [-0.3, -0.25) is 14.4 Å². The molecule has 0 aromatic carbocycles. The van der Waals surface area contributed by atoms with Crippen LogP contribution in [0.25, 0.3) is 0 Å². The lowest BCUT2D eigenvalue weighted by Gasteiger charge is -2.21. The Kier molecular flexibility index (Phi) is 27.1. The van der Waals surface area contributed by atoms with Crippen LogP contribution < -0.4 is 16.0 Å². The molecule has 3 amide bonds. The molecular formula is C32H55N3O11. The summed E-state index contributed by atoms with van der Waals surface area (Å²) in [6.45, 7) is 6.97. The molecule has 14 heteroatoms. The fourth-order valence-electron chi connectivity index (χ4n) is 4.23. The number of ether oxygens (including phenoxy) is 6. The van der Waals surface area contributed by atoms with Crippen molar-refractivity contribution in [1.29, 1.82) is 0 Å². The summed E-state index contributed by atoms with van der Waals surface area (Å²) < 4.78 is 30.9. The number of terminal acetylenes is 1. The lowest BCUT2D eigenvalue weighted by atomic mass is 9.95. The van der Waals surface area contributed by atoms with Crippen molar-refractivity contribution in [2.24, 2.45) is 5.92 Å². The van der Waals surface area contributed by atoms with Crippen LogP contribution in [-0.2, 0) is 52.4 Å². The summed E-state index contributed by atoms with van der Waals surface area (Å²) in [5.74, 6) is -0.805. The quantitative estimate of drug-likeness (QED) is 0.0600. The molecule has 0 unspecified atom stereocenters. The number of hydrogen-bond acceptors (Lipinski definition) is 11. The van der Waals surface area contributed by atoms with Crippen molar-refractivity contribution in [1.82, 2.24) is 16.0 Å². The molecule has 0 aromatic heterocycles. The van der Waals surface area contributed by atoms with E-state index in [1.54, 1.807) is 0 Å². The van der Waals surface area contributed by atoms with Crippen LogP contribution in [0, 0.1) is 18.3 Å². The Morgan fingerprint density at radius 2 is 1.04 bits per heavy atom. The molecule has 0 radical (unpaired) electrons. The molecule has 0 heterocycles. The maximum atomic E-state index is 12.9. The molecule has 0 aliphatic rings. The predicted molar refractivity (Wildman–Crippen MR) is 169 cm³/mol. The van der Waals surface area contributed by atoms with Gasteiger partial charge in [0.15, 0.2) is 0 Å². The first kappa shape index (κ1) is 42.8. The van der Waals surface area contributed by atoms with Crippen molar-refractivity contribution in [3.8, 4) is 12.3 Å². The highest BCUT2D eigenvalue weighted by atomic mass is 16.6. The normalized spacial score (nSPS) is 12.1. The summed E-state index contributed by atoms with van der Waals surface area (Å²) in [7, 11) is 2.49. The average molecular weight is 658 g/mol. The highest BCUT2D eigenvalue weighted by molar-refractivity contribution is 5.87. The molecule has 264 valence electrons. The Labute approximate surface area is 273 Å². The highest BCUT2D eigenvalue weighted by Crippen LogP contribution is 2.16. The highest BCUT2D eigenvalue weighted by Gasteiger charge is 2.27. The first-order chi connectivity index (χ1) is 22.2. The summed E-state index contributed by atoms with van der Waals surface area (Å²) in [5.41, 5.74) is 0. The van der Waals surface area contributed by atoms with Crippen LogP contribution in [0.15, 0.2) is 0 Å². The summed E-state index contributed by atoms with van der Waals surface area (Å²) in [6.07, 6.45) is 8.44. The van der Waals surface area contributed by atoms with Gasteiger partial charge < -0.3 is 44.4 Å². The monoisotopic (exact) mass is 657 g/mol. The number of carbonyl (C=O) groups is 5. The second-order valence-corrected chi connectivity index (χ2v) is 10.5. The predicted octanol–water partition coefficient (Wildman–Crippen LogP) is 1.28. The second-order valence-electron chi connectivity index (χ2n) is 10.5. The molecule has 14 nitrogen and oxygen atoms in total. The van der Waals surface area contributed by atoms with Gasteiger partial charge >= 0.3 is 11.9 Å². The van der Waals surface area contributed by atoms with E-state index in [1.807, 2.05) is 13.8 Å². The third kappa shape index (κ3) is 23.1. The maximum absolute atomic E-state index is 12.9. The van der Waals surface area contributed by atoms with E-state index in [4.69, 9.17) is 34.8 Å². The molecule has 0 bridgehead atoms. The van der Waals surface area contributed by atoms with Crippen LogP contribution >= 0.6 is 0 Å². The van der Waals surface area contributed by atoms with Crippen LogP contribution in [0.5, 0.6) is 0 Å². The Bertz CT molecular complexity index is 866. The summed E-state index contributed by atoms with van der Waals surface area (Å²) in [5, 5.41) is 8.07. The number of hydrogen-bond donors (Lipinski definition) is 3. The van der Waals surface area contributed by atoms with Crippen molar-refractivity contribution in [2.45, 2.75) is 83.7 Å². The molecule has 0 aromatic rings. The second kappa shape index (κ2) is 29.2. The van der Waals surface area contributed by atoms with E-state index >= 15 is 0 Å². The van der Waals surface area contributed by atoms with Crippen molar-refractivity contribution in [2.75, 3.05) is 73.6 Å². The van der Waals surface area contributed by atoms with Crippen LogP contribution in [0.1, 0.15) is 71.6 Å². The van der Waals surface area contributed by atoms with Crippen LogP contribution in [-0.4, -0.2) is 115 Å². The Balaban J connectivity index is 4.86. The maximum Gasteiger partial charge on any atom is 0.328 e. The Hall–Kier alpha value is -3.25. The van der Waals surface area contributed by atoms with Crippen molar-refractivity contribution in [3.05, 3.63) is 0 Å². The van der Waals surface area contributed by atoms with E-state index in [9.17, 15) is 24.0 Å². The molecule has 0 spiro atoms. The molecule has 3 N–H and O–H groups in total. The topological polar surface area (TPSA) is 177 Å². The van der Waals surface area contributed by atoms with Crippen molar-refractivity contribution in [3.63, 3.8) is 0 Å². The molecule has 2 atom stereocenters. The van der Waals surface area contributed by atoms with E-state index in [1.165, 1.54) is 14.2 Å². The van der Waals surface area contributed by atoms with Gasteiger partial charge in [-0.25, -0.2) is 9.59 Å². The van der Waals surface area contributed by atoms with E-state index < -0.39 is 41.8 Å². The number of methoxy groups -OCH3 is 2. The standard InChI is InChI=1S/C32H55N3O11/c1-6-9-11-26(31(39)41-4)34-29(37)23-25(24-30(38)35-27(12-10-7-2)32(40)42-5)22-28(36)33-13-15-44-17-19-46-21-20-45-18-16-43-14-8-3/h3,25-27H,6-7,9-24H2,1-2,4-5H3,(H,33,36)(H,34,37)(H,35,38)/t26-,27-/m0/s1. The largest absolute Gasteiger partial charge is 0.467 e. The minimum Gasteiger partial charge on any atom is -0.467 e. The minimum atomic E-state index is -0.828. The van der Waals surface area contributed by atoms with E-state index in [-0.39, 0.29) is 44.9 Å². The zero-order valence-electron chi connectivity index (χ0n) is 28.0. The third-order valence-corrected chi connectivity index (χ3v) is 6.63. The number of rotatable bonds is 29. The molecule has 0 aliphatic heterocycles. The fourth-order valence-corrected chi connectivity index (χ4v) is 4.23. The van der Waals surface area contributed by atoms with Gasteiger partial charge in [0, 0.05) is 25.8 Å². The first-order valence-corrected chi connectivity index (χ1v) is 16.0. The number of esters is 2. The summed E-state index contributed by atoms with van der Waals surface area (Å²) >= 11 is 0. The van der Waals surface area contributed by atoms with Gasteiger partial charge in [0.2, 0.25) is 17.7 Å². The van der Waals surface area contributed by atoms with Gasteiger partial charge in [-0.1, -0.05) is 45.5 Å². The van der Waals surface area contributed by atoms with Gasteiger partial charge in [0.25, 0.3) is 0 Å². The SMILES string of the molecule is C#CCOCCOCCOCCOCCNC(=O)CC(CC(=O)N[C@@H](CCCC)C(=O)OC)CC(=O)N[C@@H](CCCC)C(=O)OC. The van der Waals surface area contributed by atoms with Crippen molar-refractivity contribution < 1.29 is 52.4 Å². The lowest BCUT2D eigenvalue weighted by molar-refractivity contribution is -0.145. The average Bonchev–Trinajstić information content (AvgIpc) is 3.04. The summed E-state index contributed by atoms with van der Waals surface area (Å²) in [4.78, 5) is 62.9. The van der Waals surface area contributed by atoms with E-state index in [0.29, 0.717) is 65.3 Å².